The molecule has 1 aliphatic rings. The molecule has 124 valence electrons. The van der Waals surface area contributed by atoms with Gasteiger partial charge in [0, 0.05) is 17.3 Å². The number of aliphatic hydroxyl groups excluding tert-OH is 3. The summed E-state index contributed by atoms with van der Waals surface area (Å²) in [4.78, 5) is 0. The Kier molecular flexibility index (Phi) is 5.08. The van der Waals surface area contributed by atoms with Gasteiger partial charge in [0.05, 0.1) is 6.10 Å². The molecule has 1 saturated heterocycles. The molecule has 0 unspecified atom stereocenters. The van der Waals surface area contributed by atoms with E-state index in [0.717, 1.165) is 0 Å². The Morgan fingerprint density at radius 1 is 1.14 bits per heavy atom. The largest absolute Gasteiger partial charge is 0.487 e. The van der Waals surface area contributed by atoms with Crippen molar-refractivity contribution in [2.75, 3.05) is 5.32 Å². The lowest BCUT2D eigenvalue weighted by Gasteiger charge is -2.39. The Bertz CT molecular complexity index is 498. The Morgan fingerprint density at radius 3 is 2.27 bits per heavy atom. The van der Waals surface area contributed by atoms with Gasteiger partial charge in [-0.3, -0.25) is 0 Å². The van der Waals surface area contributed by atoms with Crippen LogP contribution in [0.1, 0.15) is 6.92 Å². The van der Waals surface area contributed by atoms with Crippen LogP contribution in [0.15, 0.2) is 24.3 Å². The number of halogens is 3. The van der Waals surface area contributed by atoms with E-state index in [9.17, 15) is 24.1 Å². The van der Waals surface area contributed by atoms with Gasteiger partial charge in [-0.1, -0.05) is 0 Å². The molecule has 6 nitrogen and oxygen atoms in total. The fourth-order valence-corrected chi connectivity index (χ4v) is 2.18. The second-order valence-corrected chi connectivity index (χ2v) is 5.39. The summed E-state index contributed by atoms with van der Waals surface area (Å²) in [5.74, 6) is -0.139. The Labute approximate surface area is 130 Å². The minimum absolute atomic E-state index is 0.139. The fourth-order valence-electron chi connectivity index (χ4n) is 2.09. The number of aliphatic hydroxyl groups is 3. The summed E-state index contributed by atoms with van der Waals surface area (Å²) >= 11 is 4.65. The highest BCUT2D eigenvalue weighted by Crippen LogP contribution is 2.27. The quantitative estimate of drug-likeness (QED) is 0.614. The molecule has 1 aliphatic heterocycles. The number of benzene rings is 1. The van der Waals surface area contributed by atoms with Gasteiger partial charge < -0.3 is 30.1 Å². The summed E-state index contributed by atoms with van der Waals surface area (Å²) in [5, 5.41) is 31.9. The van der Waals surface area contributed by atoms with Crippen molar-refractivity contribution in [3.05, 3.63) is 24.3 Å². The summed E-state index contributed by atoms with van der Waals surface area (Å²) in [6.45, 7) is 1.55. The molecule has 4 N–H and O–H groups in total. The van der Waals surface area contributed by atoms with Gasteiger partial charge in [-0.15, -0.1) is 8.78 Å². The van der Waals surface area contributed by atoms with E-state index in [0.29, 0.717) is 5.69 Å². The van der Waals surface area contributed by atoms with Gasteiger partial charge in [-0.25, -0.2) is 0 Å². The molecule has 0 aliphatic carbocycles. The van der Waals surface area contributed by atoms with Gasteiger partial charge in [0.25, 0.3) is 0 Å². The van der Waals surface area contributed by atoms with Crippen molar-refractivity contribution in [1.29, 1.82) is 0 Å². The second-order valence-electron chi connectivity index (χ2n) is 4.95. The van der Waals surface area contributed by atoms with Crippen LogP contribution in [0, 0.1) is 0 Å². The third-order valence-corrected chi connectivity index (χ3v) is 3.33. The third-order valence-electron chi connectivity index (χ3n) is 3.25. The Morgan fingerprint density at radius 2 is 1.73 bits per heavy atom. The number of ether oxygens (including phenoxy) is 2. The van der Waals surface area contributed by atoms with Crippen LogP contribution in [0.2, 0.25) is 0 Å². The van der Waals surface area contributed by atoms with E-state index in [1.54, 1.807) is 6.92 Å². The van der Waals surface area contributed by atoms with Crippen LogP contribution in [-0.4, -0.2) is 51.5 Å². The molecule has 0 radical (unpaired) electrons. The first kappa shape index (κ1) is 17.2. The molecule has 0 bridgehead atoms. The molecule has 0 aromatic heterocycles. The lowest BCUT2D eigenvalue weighted by Crippen LogP contribution is -2.58. The molecule has 5 atom stereocenters. The van der Waals surface area contributed by atoms with Crippen molar-refractivity contribution in [2.45, 2.75) is 43.1 Å². The molecule has 1 aromatic rings. The van der Waals surface area contributed by atoms with Crippen molar-refractivity contribution >= 4 is 17.3 Å². The fraction of sp³-hybridized carbons (Fsp3) is 0.538. The van der Waals surface area contributed by atoms with Crippen LogP contribution in [0.3, 0.4) is 0 Å². The summed E-state index contributed by atoms with van der Waals surface area (Å²) < 4.78 is 34.5. The van der Waals surface area contributed by atoms with Crippen LogP contribution in [-0.2, 0) is 4.74 Å². The van der Waals surface area contributed by atoms with E-state index in [1.807, 2.05) is 0 Å². The predicted molar refractivity (Wildman–Crippen MR) is 73.8 cm³/mol. The number of alkyl halides is 3. The molecule has 1 heterocycles. The third kappa shape index (κ3) is 4.17. The molecule has 9 heteroatoms. The van der Waals surface area contributed by atoms with E-state index >= 15 is 0 Å². The first-order valence-electron chi connectivity index (χ1n) is 6.49. The van der Waals surface area contributed by atoms with E-state index in [4.69, 9.17) is 4.74 Å². The highest BCUT2D eigenvalue weighted by Gasteiger charge is 2.41. The minimum atomic E-state index is -3.80. The molecule has 0 saturated carbocycles. The maximum absolute atomic E-state index is 12.5. The lowest BCUT2D eigenvalue weighted by molar-refractivity contribution is -0.209. The average Bonchev–Trinajstić information content (AvgIpc) is 2.43. The Hall–Kier alpha value is -1.19. The normalized spacial score (nSPS) is 32.6. The summed E-state index contributed by atoms with van der Waals surface area (Å²) in [6.07, 6.45) is -5.56. The minimum Gasteiger partial charge on any atom is -0.420 e. The summed E-state index contributed by atoms with van der Waals surface area (Å²) in [6, 6.07) is 5.33. The van der Waals surface area contributed by atoms with Crippen LogP contribution >= 0.6 is 11.6 Å². The topological polar surface area (TPSA) is 91.2 Å². The standard InChI is InChI=1S/C13H16ClF2NO5/c1-6-9(18)10(19)11(20)12(21-6)17-7-2-4-8(5-3-7)22-13(14,15)16/h2-6,9-12,17-20H,1H3/t6-,9+,10-,11+,12-/m0/s1. The maximum Gasteiger partial charge on any atom is 0.487 e. The molecular formula is C13H16ClF2NO5. The molecule has 1 fully saturated rings. The van der Waals surface area contributed by atoms with Crippen molar-refractivity contribution in [1.82, 2.24) is 0 Å². The van der Waals surface area contributed by atoms with E-state index in [-0.39, 0.29) is 5.75 Å². The van der Waals surface area contributed by atoms with E-state index < -0.39 is 36.2 Å². The van der Waals surface area contributed by atoms with Gasteiger partial charge in [0.15, 0.2) is 6.23 Å². The number of hydrogen-bond donors (Lipinski definition) is 4. The second kappa shape index (κ2) is 6.51. The molecular weight excluding hydrogens is 324 g/mol. The monoisotopic (exact) mass is 339 g/mol. The molecule has 0 spiro atoms. The van der Waals surface area contributed by atoms with Crippen LogP contribution in [0.5, 0.6) is 5.75 Å². The summed E-state index contributed by atoms with van der Waals surface area (Å²) in [5.41, 5.74) is -3.36. The predicted octanol–water partition coefficient (Wildman–Crippen LogP) is 1.09. The highest BCUT2D eigenvalue weighted by atomic mass is 35.5. The van der Waals surface area contributed by atoms with E-state index in [1.165, 1.54) is 24.3 Å². The smallest absolute Gasteiger partial charge is 0.420 e. The maximum atomic E-state index is 12.5. The van der Waals surface area contributed by atoms with Crippen molar-refractivity contribution in [2.24, 2.45) is 0 Å². The SMILES string of the molecule is C[C@@H]1O[C@H](Nc2ccc(OC(F)(F)Cl)cc2)[C@H](O)[C@@H](O)[C@@H]1O. The van der Waals surface area contributed by atoms with Crippen molar-refractivity contribution in [3.63, 3.8) is 0 Å². The number of nitrogens with one attached hydrogen (secondary N) is 1. The van der Waals surface area contributed by atoms with Gasteiger partial charge >= 0.3 is 5.57 Å². The van der Waals surface area contributed by atoms with E-state index in [2.05, 4.69) is 21.7 Å². The first-order chi connectivity index (χ1) is 10.2. The number of anilines is 1. The molecule has 0 amide bonds. The molecule has 22 heavy (non-hydrogen) atoms. The zero-order valence-corrected chi connectivity index (χ0v) is 12.2. The lowest BCUT2D eigenvalue weighted by atomic mass is 9.99. The summed E-state index contributed by atoms with van der Waals surface area (Å²) in [7, 11) is 0. The highest BCUT2D eigenvalue weighted by molar-refractivity contribution is 6.20. The Balaban J connectivity index is 2.01. The van der Waals surface area contributed by atoms with Crippen molar-refractivity contribution in [3.8, 4) is 5.75 Å². The van der Waals surface area contributed by atoms with Gasteiger partial charge in [0.2, 0.25) is 0 Å². The number of hydrogen-bond acceptors (Lipinski definition) is 6. The zero-order chi connectivity index (χ0) is 16.5. The van der Waals surface area contributed by atoms with Crippen LogP contribution in [0.4, 0.5) is 14.5 Å². The van der Waals surface area contributed by atoms with Crippen LogP contribution < -0.4 is 10.1 Å². The number of rotatable bonds is 4. The van der Waals surface area contributed by atoms with Gasteiger partial charge in [-0.2, -0.15) is 0 Å². The average molecular weight is 340 g/mol. The van der Waals surface area contributed by atoms with Gasteiger partial charge in [0.1, 0.15) is 24.1 Å². The molecule has 2 rings (SSSR count). The molecule has 1 aromatic carbocycles. The first-order valence-corrected chi connectivity index (χ1v) is 6.87. The zero-order valence-electron chi connectivity index (χ0n) is 11.5. The van der Waals surface area contributed by atoms with Crippen LogP contribution in [0.25, 0.3) is 0 Å². The van der Waals surface area contributed by atoms with Crippen molar-refractivity contribution < 1.29 is 33.6 Å². The van der Waals surface area contributed by atoms with Gasteiger partial charge in [-0.05, 0) is 31.2 Å².